The highest BCUT2D eigenvalue weighted by molar-refractivity contribution is 6.42. The van der Waals surface area contributed by atoms with Crippen LogP contribution in [0.2, 0.25) is 10.0 Å². The molecule has 0 bridgehead atoms. The van der Waals surface area contributed by atoms with Crippen molar-refractivity contribution >= 4 is 23.2 Å². The van der Waals surface area contributed by atoms with Crippen LogP contribution in [0.15, 0.2) is 48.5 Å². The first kappa shape index (κ1) is 16.8. The van der Waals surface area contributed by atoms with Gasteiger partial charge in [0.05, 0.1) is 10.0 Å². The lowest BCUT2D eigenvalue weighted by Crippen LogP contribution is -2.20. The summed E-state index contributed by atoms with van der Waals surface area (Å²) in [4.78, 5) is 2.46. The minimum Gasteiger partial charge on any atom is -0.396 e. The quantitative estimate of drug-likeness (QED) is 0.853. The molecule has 1 heterocycles. The molecule has 2 aromatic carbocycles. The molecule has 0 saturated carbocycles. The second kappa shape index (κ2) is 7.67. The van der Waals surface area contributed by atoms with Crippen molar-refractivity contribution in [2.45, 2.75) is 18.9 Å². The molecule has 1 aliphatic rings. The number of hydrogen-bond acceptors (Lipinski definition) is 2. The van der Waals surface area contributed by atoms with Gasteiger partial charge in [0.15, 0.2) is 0 Å². The molecule has 122 valence electrons. The molecule has 0 radical (unpaired) electrons. The first-order valence-corrected chi connectivity index (χ1v) is 8.75. The molecule has 1 saturated heterocycles. The van der Waals surface area contributed by atoms with Gasteiger partial charge < -0.3 is 5.11 Å². The van der Waals surface area contributed by atoms with E-state index in [1.54, 1.807) is 0 Å². The third-order valence-corrected chi connectivity index (χ3v) is 5.38. The van der Waals surface area contributed by atoms with Crippen molar-refractivity contribution in [3.63, 3.8) is 0 Å². The minimum atomic E-state index is 0.224. The monoisotopic (exact) mass is 349 g/mol. The first-order valence-electron chi connectivity index (χ1n) is 7.99. The molecule has 0 aromatic heterocycles. The standard InChI is InChI=1S/C19H21Cl2NO/c20-18-7-6-15(10-19(18)21)17-13-22(12-16(17)8-9-23)11-14-4-2-1-3-5-14/h1-7,10,16-17,23H,8-9,11-13H2/t16-,17-/m0/s1. The Bertz CT molecular complexity index is 647. The number of likely N-dealkylation sites (tertiary alicyclic amines) is 1. The second-order valence-corrected chi connectivity index (χ2v) is 7.05. The Hall–Kier alpha value is -1.06. The topological polar surface area (TPSA) is 23.5 Å². The molecule has 1 N–H and O–H groups in total. The zero-order chi connectivity index (χ0) is 16.2. The van der Waals surface area contributed by atoms with Crippen molar-refractivity contribution in [1.82, 2.24) is 4.90 Å². The summed E-state index contributed by atoms with van der Waals surface area (Å²) in [5.74, 6) is 0.835. The van der Waals surface area contributed by atoms with E-state index in [1.807, 2.05) is 18.2 Å². The molecule has 0 aliphatic carbocycles. The van der Waals surface area contributed by atoms with Gasteiger partial charge in [-0.05, 0) is 35.6 Å². The first-order chi connectivity index (χ1) is 11.2. The summed E-state index contributed by atoms with van der Waals surface area (Å²) in [6.07, 6.45) is 0.816. The van der Waals surface area contributed by atoms with Crippen molar-refractivity contribution in [3.05, 3.63) is 69.7 Å². The van der Waals surface area contributed by atoms with Gasteiger partial charge in [-0.3, -0.25) is 4.90 Å². The van der Waals surface area contributed by atoms with Crippen LogP contribution >= 0.6 is 23.2 Å². The summed E-state index contributed by atoms with van der Waals surface area (Å²) in [5, 5.41) is 10.6. The zero-order valence-electron chi connectivity index (χ0n) is 13.0. The summed E-state index contributed by atoms with van der Waals surface area (Å²) in [6.45, 7) is 3.15. The maximum absolute atomic E-state index is 9.40. The lowest BCUT2D eigenvalue weighted by atomic mass is 9.87. The third kappa shape index (κ3) is 4.07. The van der Waals surface area contributed by atoms with Crippen LogP contribution in [-0.4, -0.2) is 29.7 Å². The van der Waals surface area contributed by atoms with E-state index < -0.39 is 0 Å². The number of rotatable bonds is 5. The summed E-state index contributed by atoms with van der Waals surface area (Å²) in [5.41, 5.74) is 2.54. The molecule has 2 aromatic rings. The Morgan fingerprint density at radius 3 is 2.48 bits per heavy atom. The number of benzene rings is 2. The van der Waals surface area contributed by atoms with E-state index in [-0.39, 0.29) is 6.61 Å². The highest BCUT2D eigenvalue weighted by Gasteiger charge is 2.33. The predicted octanol–water partition coefficient (Wildman–Crippen LogP) is 4.59. The van der Waals surface area contributed by atoms with E-state index in [2.05, 4.69) is 35.2 Å². The average molecular weight is 350 g/mol. The van der Waals surface area contributed by atoms with Crippen molar-refractivity contribution in [3.8, 4) is 0 Å². The Morgan fingerprint density at radius 2 is 1.78 bits per heavy atom. The molecular weight excluding hydrogens is 329 g/mol. The molecule has 3 rings (SSSR count). The molecule has 4 heteroatoms. The van der Waals surface area contributed by atoms with Gasteiger partial charge in [-0.1, -0.05) is 59.6 Å². The maximum Gasteiger partial charge on any atom is 0.0595 e. The maximum atomic E-state index is 9.40. The SMILES string of the molecule is OCC[C@H]1CN(Cc2ccccc2)C[C@H]1c1ccc(Cl)c(Cl)c1. The summed E-state index contributed by atoms with van der Waals surface area (Å²) >= 11 is 12.2. The number of aliphatic hydroxyl groups is 1. The lowest BCUT2D eigenvalue weighted by Gasteiger charge is -2.18. The average Bonchev–Trinajstić information content (AvgIpc) is 2.94. The third-order valence-electron chi connectivity index (χ3n) is 4.64. The van der Waals surface area contributed by atoms with Crippen LogP contribution in [0.25, 0.3) is 0 Å². The van der Waals surface area contributed by atoms with Crippen molar-refractivity contribution in [1.29, 1.82) is 0 Å². The highest BCUT2D eigenvalue weighted by Crippen LogP contribution is 2.37. The highest BCUT2D eigenvalue weighted by atomic mass is 35.5. The van der Waals surface area contributed by atoms with Gasteiger partial charge in [-0.15, -0.1) is 0 Å². The van der Waals surface area contributed by atoms with Crippen LogP contribution in [-0.2, 0) is 6.54 Å². The van der Waals surface area contributed by atoms with Gasteiger partial charge in [0.25, 0.3) is 0 Å². The molecule has 0 unspecified atom stereocenters. The Morgan fingerprint density at radius 1 is 1.00 bits per heavy atom. The Kier molecular flexibility index (Phi) is 5.60. The van der Waals surface area contributed by atoms with Crippen LogP contribution < -0.4 is 0 Å². The van der Waals surface area contributed by atoms with Crippen LogP contribution in [0, 0.1) is 5.92 Å². The van der Waals surface area contributed by atoms with Crippen LogP contribution in [0.4, 0.5) is 0 Å². The number of nitrogens with zero attached hydrogens (tertiary/aromatic N) is 1. The lowest BCUT2D eigenvalue weighted by molar-refractivity contribution is 0.246. The number of hydrogen-bond donors (Lipinski definition) is 1. The van der Waals surface area contributed by atoms with Gasteiger partial charge in [0.1, 0.15) is 0 Å². The van der Waals surface area contributed by atoms with Gasteiger partial charge in [-0.2, -0.15) is 0 Å². The van der Waals surface area contributed by atoms with Crippen molar-refractivity contribution < 1.29 is 5.11 Å². The fourth-order valence-corrected chi connectivity index (χ4v) is 3.82. The normalized spacial score (nSPS) is 21.7. The molecule has 1 aliphatic heterocycles. The largest absolute Gasteiger partial charge is 0.396 e. The molecule has 2 atom stereocenters. The smallest absolute Gasteiger partial charge is 0.0595 e. The number of aliphatic hydroxyl groups excluding tert-OH is 1. The van der Waals surface area contributed by atoms with Gasteiger partial charge in [0, 0.05) is 32.2 Å². The van der Waals surface area contributed by atoms with E-state index >= 15 is 0 Å². The summed E-state index contributed by atoms with van der Waals surface area (Å²) in [6, 6.07) is 16.4. The van der Waals surface area contributed by atoms with E-state index in [1.165, 1.54) is 11.1 Å². The fourth-order valence-electron chi connectivity index (χ4n) is 3.51. The molecule has 2 nitrogen and oxygen atoms in total. The predicted molar refractivity (Wildman–Crippen MR) is 96.1 cm³/mol. The molecular formula is C19H21Cl2NO. The van der Waals surface area contributed by atoms with Crippen molar-refractivity contribution in [2.75, 3.05) is 19.7 Å². The Balaban J connectivity index is 1.76. The van der Waals surface area contributed by atoms with Crippen molar-refractivity contribution in [2.24, 2.45) is 5.92 Å². The van der Waals surface area contributed by atoms with E-state index in [4.69, 9.17) is 23.2 Å². The van der Waals surface area contributed by atoms with Gasteiger partial charge in [-0.25, -0.2) is 0 Å². The van der Waals surface area contributed by atoms with Gasteiger partial charge in [0.2, 0.25) is 0 Å². The molecule has 0 amide bonds. The van der Waals surface area contributed by atoms with E-state index in [0.29, 0.717) is 21.9 Å². The minimum absolute atomic E-state index is 0.224. The van der Waals surface area contributed by atoms with E-state index in [0.717, 1.165) is 26.1 Å². The van der Waals surface area contributed by atoms with Crippen LogP contribution in [0.1, 0.15) is 23.5 Å². The van der Waals surface area contributed by atoms with Crippen LogP contribution in [0.5, 0.6) is 0 Å². The molecule has 1 fully saturated rings. The van der Waals surface area contributed by atoms with Crippen LogP contribution in [0.3, 0.4) is 0 Å². The van der Waals surface area contributed by atoms with E-state index in [9.17, 15) is 5.11 Å². The summed E-state index contributed by atoms with van der Waals surface area (Å²) < 4.78 is 0. The summed E-state index contributed by atoms with van der Waals surface area (Å²) in [7, 11) is 0. The second-order valence-electron chi connectivity index (χ2n) is 6.23. The molecule has 0 spiro atoms. The molecule has 23 heavy (non-hydrogen) atoms. The number of halogens is 2. The Labute approximate surface area is 147 Å². The zero-order valence-corrected chi connectivity index (χ0v) is 14.5. The van der Waals surface area contributed by atoms with Gasteiger partial charge >= 0.3 is 0 Å². The fraction of sp³-hybridized carbons (Fsp3) is 0.368.